The van der Waals surface area contributed by atoms with Crippen molar-refractivity contribution in [2.45, 2.75) is 40.0 Å². The number of hydrogen-bond donors (Lipinski definition) is 1. The Bertz CT molecular complexity index is 443. The first-order chi connectivity index (χ1) is 8.67. The van der Waals surface area contributed by atoms with Crippen molar-refractivity contribution in [3.8, 4) is 0 Å². The van der Waals surface area contributed by atoms with Gasteiger partial charge in [-0.15, -0.1) is 0 Å². The van der Waals surface area contributed by atoms with Crippen LogP contribution in [0.3, 0.4) is 0 Å². The molecule has 0 aromatic heterocycles. The molecule has 19 heavy (non-hydrogen) atoms. The van der Waals surface area contributed by atoms with Gasteiger partial charge in [0.15, 0.2) is 9.84 Å². The fraction of sp³-hybridized carbons (Fsp3) is 0.929. The van der Waals surface area contributed by atoms with E-state index in [1.807, 2.05) is 0 Å². The maximum atomic E-state index is 12.2. The molecule has 2 fully saturated rings. The van der Waals surface area contributed by atoms with Gasteiger partial charge in [0.25, 0.3) is 0 Å². The summed E-state index contributed by atoms with van der Waals surface area (Å²) >= 11 is 0. The van der Waals surface area contributed by atoms with Crippen LogP contribution in [0.15, 0.2) is 0 Å². The molecule has 2 unspecified atom stereocenters. The van der Waals surface area contributed by atoms with Crippen LogP contribution in [0, 0.1) is 23.2 Å². The Labute approximate surface area is 116 Å². The second-order valence-corrected chi connectivity index (χ2v) is 9.45. The van der Waals surface area contributed by atoms with E-state index in [9.17, 15) is 13.2 Å². The molecular formula is C14H25NO3S. The lowest BCUT2D eigenvalue weighted by atomic mass is 9.68. The first kappa shape index (κ1) is 14.8. The van der Waals surface area contributed by atoms with E-state index in [1.165, 1.54) is 6.42 Å². The molecule has 2 rings (SSSR count). The van der Waals surface area contributed by atoms with Gasteiger partial charge >= 0.3 is 0 Å². The zero-order valence-electron chi connectivity index (χ0n) is 12.1. The highest BCUT2D eigenvalue weighted by molar-refractivity contribution is 7.92. The van der Waals surface area contributed by atoms with Crippen molar-refractivity contribution in [2.24, 2.45) is 23.2 Å². The molecule has 1 heterocycles. The second kappa shape index (κ2) is 5.08. The van der Waals surface area contributed by atoms with Crippen LogP contribution in [-0.2, 0) is 14.6 Å². The van der Waals surface area contributed by atoms with E-state index in [4.69, 9.17) is 0 Å². The van der Waals surface area contributed by atoms with Crippen LogP contribution in [0.1, 0.15) is 40.0 Å². The topological polar surface area (TPSA) is 63.2 Å². The Hall–Kier alpha value is -0.580. The molecule has 0 radical (unpaired) electrons. The molecule has 0 spiro atoms. The number of sulfone groups is 1. The molecule has 1 aliphatic heterocycles. The summed E-state index contributed by atoms with van der Waals surface area (Å²) in [6, 6.07) is 0. The smallest absolute Gasteiger partial charge is 0.223 e. The molecule has 0 bridgehead atoms. The SMILES string of the molecule is CC1CC(C(=O)NCC2CS(=O)(=O)C2)CC(C)(C)C1. The van der Waals surface area contributed by atoms with Crippen molar-refractivity contribution in [3.63, 3.8) is 0 Å². The first-order valence-corrected chi connectivity index (χ1v) is 8.97. The average Bonchev–Trinajstić information content (AvgIpc) is 2.19. The summed E-state index contributed by atoms with van der Waals surface area (Å²) in [6.45, 7) is 7.17. The Kier molecular flexibility index (Phi) is 3.96. The number of nitrogens with one attached hydrogen (secondary N) is 1. The summed E-state index contributed by atoms with van der Waals surface area (Å²) in [7, 11) is -2.78. The molecular weight excluding hydrogens is 262 g/mol. The minimum atomic E-state index is -2.78. The molecule has 1 saturated carbocycles. The molecule has 0 aromatic carbocycles. The summed E-state index contributed by atoms with van der Waals surface area (Å²) in [5.74, 6) is 1.39. The Morgan fingerprint density at radius 1 is 1.26 bits per heavy atom. The standard InChI is InChI=1S/C14H25NO3S/c1-10-4-12(6-14(2,3)5-10)13(16)15-7-11-8-19(17,18)9-11/h10-12H,4-9H2,1-3H3,(H,15,16). The van der Waals surface area contributed by atoms with Gasteiger partial charge in [0, 0.05) is 18.4 Å². The number of amides is 1. The van der Waals surface area contributed by atoms with Gasteiger partial charge in [-0.2, -0.15) is 0 Å². The quantitative estimate of drug-likeness (QED) is 0.857. The molecule has 1 amide bonds. The van der Waals surface area contributed by atoms with Crippen LogP contribution in [-0.4, -0.2) is 32.4 Å². The molecule has 110 valence electrons. The predicted molar refractivity (Wildman–Crippen MR) is 75.4 cm³/mol. The van der Waals surface area contributed by atoms with Crippen LogP contribution in [0.2, 0.25) is 0 Å². The predicted octanol–water partition coefficient (Wildman–Crippen LogP) is 1.61. The third-order valence-electron chi connectivity index (χ3n) is 4.30. The van der Waals surface area contributed by atoms with Crippen LogP contribution in [0.25, 0.3) is 0 Å². The summed E-state index contributed by atoms with van der Waals surface area (Å²) in [5.41, 5.74) is 0.236. The number of rotatable bonds is 3. The van der Waals surface area contributed by atoms with Crippen molar-refractivity contribution >= 4 is 15.7 Å². The van der Waals surface area contributed by atoms with Crippen molar-refractivity contribution in [1.82, 2.24) is 5.32 Å². The van der Waals surface area contributed by atoms with Gasteiger partial charge in [-0.1, -0.05) is 20.8 Å². The first-order valence-electron chi connectivity index (χ1n) is 7.15. The van der Waals surface area contributed by atoms with Crippen molar-refractivity contribution in [1.29, 1.82) is 0 Å². The third-order valence-corrected chi connectivity index (χ3v) is 6.26. The van der Waals surface area contributed by atoms with Crippen molar-refractivity contribution < 1.29 is 13.2 Å². The molecule has 2 aliphatic rings. The van der Waals surface area contributed by atoms with E-state index in [0.29, 0.717) is 12.5 Å². The minimum absolute atomic E-state index is 0.0930. The minimum Gasteiger partial charge on any atom is -0.356 e. The maximum absolute atomic E-state index is 12.2. The van der Waals surface area contributed by atoms with E-state index >= 15 is 0 Å². The Morgan fingerprint density at radius 3 is 2.42 bits per heavy atom. The van der Waals surface area contributed by atoms with Gasteiger partial charge < -0.3 is 5.32 Å². The molecule has 1 aliphatic carbocycles. The van der Waals surface area contributed by atoms with Gasteiger partial charge in [0.05, 0.1) is 11.5 Å². The van der Waals surface area contributed by atoms with Crippen molar-refractivity contribution in [2.75, 3.05) is 18.1 Å². The molecule has 5 heteroatoms. The zero-order valence-corrected chi connectivity index (χ0v) is 12.9. The van der Waals surface area contributed by atoms with Gasteiger partial charge in [0.2, 0.25) is 5.91 Å². The molecule has 0 aromatic rings. The molecule has 4 nitrogen and oxygen atoms in total. The lowest BCUT2D eigenvalue weighted by Crippen LogP contribution is -2.46. The summed E-state index contributed by atoms with van der Waals surface area (Å²) in [5, 5.41) is 2.95. The molecule has 2 atom stereocenters. The monoisotopic (exact) mass is 287 g/mol. The number of hydrogen-bond acceptors (Lipinski definition) is 3. The Balaban J connectivity index is 1.80. The van der Waals surface area contributed by atoms with E-state index in [-0.39, 0.29) is 34.7 Å². The maximum Gasteiger partial charge on any atom is 0.223 e. The van der Waals surface area contributed by atoms with Gasteiger partial charge in [0.1, 0.15) is 0 Å². The fourth-order valence-electron chi connectivity index (χ4n) is 3.72. The highest BCUT2D eigenvalue weighted by Gasteiger charge is 2.37. The summed E-state index contributed by atoms with van der Waals surface area (Å²) in [4.78, 5) is 12.2. The molecule has 1 N–H and O–H groups in total. The third kappa shape index (κ3) is 3.94. The van der Waals surface area contributed by atoms with Crippen LogP contribution >= 0.6 is 0 Å². The zero-order chi connectivity index (χ0) is 14.3. The second-order valence-electron chi connectivity index (χ2n) is 7.30. The number of carbonyl (C=O) groups is 1. The summed E-state index contributed by atoms with van der Waals surface area (Å²) in [6.07, 6.45) is 3.07. The largest absolute Gasteiger partial charge is 0.356 e. The van der Waals surface area contributed by atoms with Gasteiger partial charge in [-0.3, -0.25) is 4.79 Å². The molecule has 1 saturated heterocycles. The van der Waals surface area contributed by atoms with Gasteiger partial charge in [-0.25, -0.2) is 8.42 Å². The highest BCUT2D eigenvalue weighted by atomic mass is 32.2. The van der Waals surface area contributed by atoms with Crippen molar-refractivity contribution in [3.05, 3.63) is 0 Å². The van der Waals surface area contributed by atoms with E-state index in [1.54, 1.807) is 0 Å². The van der Waals surface area contributed by atoms with Crippen LogP contribution in [0.4, 0.5) is 0 Å². The van der Waals surface area contributed by atoms with Crippen LogP contribution in [0.5, 0.6) is 0 Å². The number of carbonyl (C=O) groups excluding carboxylic acids is 1. The fourth-order valence-corrected chi connectivity index (χ4v) is 5.30. The lowest BCUT2D eigenvalue weighted by Gasteiger charge is -2.38. The van der Waals surface area contributed by atoms with E-state index < -0.39 is 9.84 Å². The lowest BCUT2D eigenvalue weighted by molar-refractivity contribution is -0.128. The Morgan fingerprint density at radius 2 is 1.89 bits per heavy atom. The highest BCUT2D eigenvalue weighted by Crippen LogP contribution is 2.41. The van der Waals surface area contributed by atoms with E-state index in [0.717, 1.165) is 12.8 Å². The van der Waals surface area contributed by atoms with E-state index in [2.05, 4.69) is 26.1 Å². The normalized spacial score (nSPS) is 33.4. The van der Waals surface area contributed by atoms with Gasteiger partial charge in [-0.05, 0) is 30.6 Å². The summed E-state index contributed by atoms with van der Waals surface area (Å²) < 4.78 is 22.1. The van der Waals surface area contributed by atoms with Crippen LogP contribution < -0.4 is 5.32 Å². The average molecular weight is 287 g/mol.